The number of rotatable bonds is 15. The van der Waals surface area contributed by atoms with E-state index in [1.54, 1.807) is 49.3 Å². The maximum Gasteiger partial charge on any atom is 0.315 e. The molecule has 2 bridgehead atoms. The van der Waals surface area contributed by atoms with Gasteiger partial charge in [0, 0.05) is 26.2 Å². The Kier molecular flexibility index (Phi) is 13.7. The minimum absolute atomic E-state index is 0.0501. The summed E-state index contributed by atoms with van der Waals surface area (Å²) in [6.45, 7) is 13.6. The standard InChI is InChI=1S/C44H67N7O7/c1-10-16-30(35(53)38(55)45-24-31(52)47-33(39(56)50(8)9)28-18-13-12-14-19-28)46-37(54)34-32-29(43(32,6)7)25-51(34)40(57)36(42(3,4)5)48-41(58)49-44-20-15-17-27(23-44)21-26(11-2)22-44/h12-14,18-19,26-27,29-30,32-34,36H,10-11,15-17,20-25H2,1-9H3,(H,45,55)(H,46,54)(H,47,52)(H2,48,49,58)/t26-,27+,29+,30?,32+,33+,34+,36-,44?/m1/s1. The van der Waals surface area contributed by atoms with Gasteiger partial charge in [0.05, 0.1) is 12.6 Å². The summed E-state index contributed by atoms with van der Waals surface area (Å²) in [6, 6.07) is 4.28. The predicted octanol–water partition coefficient (Wildman–Crippen LogP) is 3.85. The Balaban J connectivity index is 1.25. The lowest BCUT2D eigenvalue weighted by atomic mass is 9.63. The van der Waals surface area contributed by atoms with Crippen LogP contribution in [0.25, 0.3) is 0 Å². The highest BCUT2D eigenvalue weighted by atomic mass is 16.2. The molecular weight excluding hydrogens is 739 g/mol. The molecule has 0 spiro atoms. The predicted molar refractivity (Wildman–Crippen MR) is 220 cm³/mol. The third kappa shape index (κ3) is 9.85. The number of Topliss-reactive ketones (excluding diaryl/α,β-unsaturated/α-hetero) is 1. The number of piperidine rings is 1. The van der Waals surface area contributed by atoms with Crippen LogP contribution >= 0.6 is 0 Å². The van der Waals surface area contributed by atoms with Gasteiger partial charge in [-0.25, -0.2) is 4.79 Å². The van der Waals surface area contributed by atoms with Crippen LogP contribution in [0.2, 0.25) is 0 Å². The number of urea groups is 1. The number of carbonyl (C=O) groups excluding carboxylic acids is 7. The zero-order chi connectivity index (χ0) is 42.7. The van der Waals surface area contributed by atoms with Crippen LogP contribution in [0.1, 0.15) is 118 Å². The maximum atomic E-state index is 14.6. The molecule has 4 aliphatic rings. The van der Waals surface area contributed by atoms with Gasteiger partial charge in [0.25, 0.3) is 5.91 Å². The van der Waals surface area contributed by atoms with E-state index in [1.165, 1.54) is 17.7 Å². The van der Waals surface area contributed by atoms with Crippen LogP contribution in [0.3, 0.4) is 0 Å². The summed E-state index contributed by atoms with van der Waals surface area (Å²) < 4.78 is 0. The van der Waals surface area contributed by atoms with Gasteiger partial charge in [0.2, 0.25) is 29.4 Å². The number of likely N-dealkylation sites (N-methyl/N-ethyl adjacent to an activating group) is 1. The van der Waals surface area contributed by atoms with Crippen molar-refractivity contribution < 1.29 is 33.6 Å². The first-order valence-corrected chi connectivity index (χ1v) is 21.3. The van der Waals surface area contributed by atoms with Gasteiger partial charge in [0.15, 0.2) is 0 Å². The molecule has 2 unspecified atom stereocenters. The van der Waals surface area contributed by atoms with Crippen molar-refractivity contribution in [2.45, 2.75) is 136 Å². The molecule has 58 heavy (non-hydrogen) atoms. The lowest BCUT2D eigenvalue weighted by molar-refractivity contribution is -0.145. The molecule has 3 aliphatic carbocycles. The quantitative estimate of drug-likeness (QED) is 0.167. The Labute approximate surface area is 344 Å². The summed E-state index contributed by atoms with van der Waals surface area (Å²) in [7, 11) is 3.14. The summed E-state index contributed by atoms with van der Waals surface area (Å²) >= 11 is 0. The van der Waals surface area contributed by atoms with Crippen molar-refractivity contribution in [1.29, 1.82) is 0 Å². The minimum atomic E-state index is -1.20. The van der Waals surface area contributed by atoms with E-state index in [2.05, 4.69) is 47.4 Å². The van der Waals surface area contributed by atoms with Crippen LogP contribution in [0, 0.1) is 34.5 Å². The number of carbonyl (C=O) groups is 7. The Morgan fingerprint density at radius 3 is 2.26 bits per heavy atom. The average Bonchev–Trinajstić information content (AvgIpc) is 3.46. The van der Waals surface area contributed by atoms with E-state index in [-0.39, 0.29) is 47.1 Å². The smallest absolute Gasteiger partial charge is 0.315 e. The van der Waals surface area contributed by atoms with E-state index < -0.39 is 59.6 Å². The zero-order valence-corrected chi connectivity index (χ0v) is 36.0. The van der Waals surface area contributed by atoms with Gasteiger partial charge in [0.1, 0.15) is 18.1 Å². The molecule has 1 aliphatic heterocycles. The van der Waals surface area contributed by atoms with Crippen LogP contribution in [0.5, 0.6) is 0 Å². The van der Waals surface area contributed by atoms with Crippen molar-refractivity contribution in [2.75, 3.05) is 27.2 Å². The molecule has 1 saturated heterocycles. The number of amides is 7. The van der Waals surface area contributed by atoms with Gasteiger partial charge in [-0.2, -0.15) is 0 Å². The molecule has 14 heteroatoms. The molecule has 1 aromatic carbocycles. The third-order valence-electron chi connectivity index (χ3n) is 13.4. The van der Waals surface area contributed by atoms with E-state index >= 15 is 0 Å². The van der Waals surface area contributed by atoms with Gasteiger partial charge in [-0.3, -0.25) is 28.8 Å². The first kappa shape index (κ1) is 44.6. The molecule has 4 fully saturated rings. The van der Waals surface area contributed by atoms with Crippen molar-refractivity contribution in [1.82, 2.24) is 36.4 Å². The fraction of sp³-hybridized carbons (Fsp3) is 0.705. The second kappa shape index (κ2) is 17.8. The van der Waals surface area contributed by atoms with E-state index in [0.717, 1.165) is 32.1 Å². The van der Waals surface area contributed by atoms with Crippen molar-refractivity contribution in [3.05, 3.63) is 35.9 Å². The Morgan fingerprint density at radius 2 is 1.64 bits per heavy atom. The number of hydrogen-bond donors (Lipinski definition) is 5. The summed E-state index contributed by atoms with van der Waals surface area (Å²) in [4.78, 5) is 98.1. The van der Waals surface area contributed by atoms with Crippen LogP contribution in [0.15, 0.2) is 30.3 Å². The number of fused-ring (bicyclic) bond motifs is 3. The van der Waals surface area contributed by atoms with E-state index in [1.807, 2.05) is 27.7 Å². The normalized spacial score (nSPS) is 27.1. The second-order valence-corrected chi connectivity index (χ2v) is 19.3. The topological polar surface area (TPSA) is 186 Å². The van der Waals surface area contributed by atoms with E-state index in [0.29, 0.717) is 30.4 Å². The zero-order valence-electron chi connectivity index (χ0n) is 36.0. The highest BCUT2D eigenvalue weighted by Gasteiger charge is 2.70. The number of likely N-dealkylation sites (tertiary alicyclic amines) is 1. The maximum absolute atomic E-state index is 14.6. The third-order valence-corrected chi connectivity index (χ3v) is 13.4. The fourth-order valence-corrected chi connectivity index (χ4v) is 10.1. The van der Waals surface area contributed by atoms with Crippen molar-refractivity contribution in [3.63, 3.8) is 0 Å². The van der Waals surface area contributed by atoms with E-state index in [9.17, 15) is 33.6 Å². The van der Waals surface area contributed by atoms with Crippen molar-refractivity contribution in [3.8, 4) is 0 Å². The highest BCUT2D eigenvalue weighted by Crippen LogP contribution is 2.65. The first-order valence-electron chi connectivity index (χ1n) is 21.3. The number of benzene rings is 1. The number of nitrogens with one attached hydrogen (secondary N) is 5. The molecule has 1 heterocycles. The lowest BCUT2D eigenvalue weighted by Crippen LogP contribution is -2.64. The highest BCUT2D eigenvalue weighted by molar-refractivity contribution is 6.38. The molecule has 0 aromatic heterocycles. The van der Waals surface area contributed by atoms with Crippen LogP contribution < -0.4 is 26.6 Å². The number of hydrogen-bond acceptors (Lipinski definition) is 7. The van der Waals surface area contributed by atoms with Gasteiger partial charge < -0.3 is 36.4 Å². The van der Waals surface area contributed by atoms with Gasteiger partial charge in [-0.05, 0) is 72.2 Å². The Bertz CT molecular complexity index is 1730. The second-order valence-electron chi connectivity index (χ2n) is 19.3. The average molecular weight is 806 g/mol. The van der Waals surface area contributed by atoms with Gasteiger partial charge in [-0.15, -0.1) is 0 Å². The summed E-state index contributed by atoms with van der Waals surface area (Å²) in [5.41, 5.74) is -0.641. The molecule has 7 amide bonds. The molecule has 1 aromatic rings. The van der Waals surface area contributed by atoms with E-state index in [4.69, 9.17) is 0 Å². The summed E-state index contributed by atoms with van der Waals surface area (Å²) in [6.07, 6.45) is 7.95. The molecule has 9 atom stereocenters. The van der Waals surface area contributed by atoms with Crippen molar-refractivity contribution in [2.24, 2.45) is 34.5 Å². The lowest BCUT2D eigenvalue weighted by Gasteiger charge is -2.49. The summed E-state index contributed by atoms with van der Waals surface area (Å²) in [5, 5.41) is 14.2. The largest absolute Gasteiger partial charge is 0.347 e. The number of nitrogens with zero attached hydrogens (tertiary/aromatic N) is 2. The Morgan fingerprint density at radius 1 is 0.948 bits per heavy atom. The first-order chi connectivity index (χ1) is 27.2. The molecule has 3 saturated carbocycles. The Hall–Kier alpha value is -4.49. The summed E-state index contributed by atoms with van der Waals surface area (Å²) in [5.74, 6) is -2.87. The van der Waals surface area contributed by atoms with Gasteiger partial charge in [-0.1, -0.05) is 104 Å². The molecule has 5 rings (SSSR count). The number of ketones is 1. The molecule has 14 nitrogen and oxygen atoms in total. The minimum Gasteiger partial charge on any atom is -0.347 e. The van der Waals surface area contributed by atoms with Gasteiger partial charge >= 0.3 is 6.03 Å². The fourth-order valence-electron chi connectivity index (χ4n) is 10.1. The van der Waals surface area contributed by atoms with Crippen molar-refractivity contribution >= 4 is 41.4 Å². The monoisotopic (exact) mass is 806 g/mol. The molecular formula is C44H67N7O7. The molecule has 320 valence electrons. The van der Waals surface area contributed by atoms with Crippen LogP contribution in [0.4, 0.5) is 4.79 Å². The molecule has 5 N–H and O–H groups in total. The van der Waals surface area contributed by atoms with Crippen LogP contribution in [-0.4, -0.2) is 102 Å². The van der Waals surface area contributed by atoms with Crippen LogP contribution in [-0.2, 0) is 28.8 Å². The SMILES string of the molecule is CCCC(NC(=O)[C@@H]1[C@@H]2[C@H](CN1C(=O)[C@@H](NC(=O)NC13CCC[C@@H](C[C@@H](CC)C1)C3)C(C)(C)C)C2(C)C)C(=O)C(=O)NCC(=O)N[C@H](C(=O)N(C)C)c1ccccc1. The molecule has 0 radical (unpaired) electrons.